The van der Waals surface area contributed by atoms with Crippen molar-refractivity contribution in [3.05, 3.63) is 95.1 Å². The largest absolute Gasteiger partial charge is 0.508 e. The van der Waals surface area contributed by atoms with Crippen LogP contribution in [-0.4, -0.2) is 37.1 Å². The average Bonchev–Trinajstić information content (AvgIpc) is 3.63. The highest BCUT2D eigenvalue weighted by molar-refractivity contribution is 5.92. The molecule has 2 aliphatic heterocycles. The minimum absolute atomic E-state index is 0.149. The number of rotatable bonds is 10. The monoisotopic (exact) mass is 715 g/mol. The number of nitrogens with one attached hydrogen (secondary N) is 1. The molecule has 7 rings (SSSR count). The van der Waals surface area contributed by atoms with Crippen molar-refractivity contribution in [2.75, 3.05) is 19.5 Å². The van der Waals surface area contributed by atoms with E-state index in [2.05, 4.69) is 46.6 Å². The lowest BCUT2D eigenvalue weighted by Gasteiger charge is -2.32. The molecule has 278 valence electrons. The molecule has 3 aliphatic rings. The molecular weight excluding hydrogens is 663 g/mol. The summed E-state index contributed by atoms with van der Waals surface area (Å²) in [5.74, 6) is 5.27. The number of phenols is 1. The van der Waals surface area contributed by atoms with Crippen molar-refractivity contribution in [2.24, 2.45) is 16.1 Å². The summed E-state index contributed by atoms with van der Waals surface area (Å²) in [5.41, 5.74) is 11.0. The Balaban J connectivity index is 1.16. The Hall–Kier alpha value is -5.16. The van der Waals surface area contributed by atoms with E-state index in [-0.39, 0.29) is 23.1 Å². The highest BCUT2D eigenvalue weighted by atomic mass is 16.5. The quantitative estimate of drug-likeness (QED) is 0.0650. The van der Waals surface area contributed by atoms with Crippen LogP contribution in [0.2, 0.25) is 0 Å². The van der Waals surface area contributed by atoms with E-state index in [4.69, 9.17) is 19.9 Å². The Morgan fingerprint density at radius 1 is 1.02 bits per heavy atom. The first-order valence-corrected chi connectivity index (χ1v) is 19.1. The topological polar surface area (TPSA) is 115 Å². The van der Waals surface area contributed by atoms with E-state index in [0.717, 1.165) is 84.5 Å². The van der Waals surface area contributed by atoms with Crippen LogP contribution in [0.15, 0.2) is 77.8 Å². The summed E-state index contributed by atoms with van der Waals surface area (Å²) in [6.07, 6.45) is 15.5. The zero-order valence-corrected chi connectivity index (χ0v) is 31.2. The van der Waals surface area contributed by atoms with Crippen molar-refractivity contribution >= 4 is 28.2 Å². The normalized spacial score (nSPS) is 17.6. The maximum Gasteiger partial charge on any atom is 0.192 e. The lowest BCUT2D eigenvalue weighted by molar-refractivity contribution is -0.121. The third-order valence-corrected chi connectivity index (χ3v) is 10.9. The van der Waals surface area contributed by atoms with Gasteiger partial charge in [0.2, 0.25) is 0 Å². The number of carbonyl (C=O) groups excluding carboxylic acids is 1. The third-order valence-electron chi connectivity index (χ3n) is 10.9. The number of unbranched alkanes of at least 4 members (excludes halogenated alkanes) is 2. The van der Waals surface area contributed by atoms with Crippen LogP contribution < -0.4 is 20.5 Å². The third kappa shape index (κ3) is 10.3. The van der Waals surface area contributed by atoms with Gasteiger partial charge in [0.05, 0.1) is 7.11 Å². The van der Waals surface area contributed by atoms with Crippen molar-refractivity contribution in [2.45, 2.75) is 103 Å². The number of Topliss-reactive ketones (excluding diaryl/α,β-unsaturated/α-hetero) is 1. The van der Waals surface area contributed by atoms with E-state index in [1.54, 1.807) is 20.2 Å². The number of carbonyl (C=O) groups is 1. The summed E-state index contributed by atoms with van der Waals surface area (Å²) >= 11 is 0. The number of aliphatic imine (C=N–C) groups is 1. The van der Waals surface area contributed by atoms with Crippen LogP contribution >= 0.6 is 0 Å². The van der Waals surface area contributed by atoms with Gasteiger partial charge in [0.15, 0.2) is 17.5 Å². The molecular formula is C45H53N3O5. The van der Waals surface area contributed by atoms with Gasteiger partial charge >= 0.3 is 0 Å². The molecule has 8 nitrogen and oxygen atoms in total. The van der Waals surface area contributed by atoms with Crippen molar-refractivity contribution in [3.63, 3.8) is 0 Å². The van der Waals surface area contributed by atoms with E-state index in [0.29, 0.717) is 49.7 Å². The summed E-state index contributed by atoms with van der Waals surface area (Å²) in [6.45, 7) is 0.360. The summed E-state index contributed by atoms with van der Waals surface area (Å²) in [7, 11) is 3.31. The number of ketones is 1. The molecule has 2 heterocycles. The lowest BCUT2D eigenvalue weighted by Crippen LogP contribution is -2.27. The zero-order valence-electron chi connectivity index (χ0n) is 31.2. The van der Waals surface area contributed by atoms with Gasteiger partial charge in [-0.05, 0) is 114 Å². The maximum atomic E-state index is 13.6. The number of fused-ring (bicyclic) bond motifs is 9. The minimum Gasteiger partial charge on any atom is -0.508 e. The molecule has 0 unspecified atom stereocenters. The molecule has 0 amide bonds. The molecule has 4 aromatic carbocycles. The van der Waals surface area contributed by atoms with E-state index in [1.165, 1.54) is 18.4 Å². The number of hydrogen-bond donors (Lipinski definition) is 3. The second-order valence-electron chi connectivity index (χ2n) is 14.7. The smallest absolute Gasteiger partial charge is 0.192 e. The standard InChI is InChI=1S/C45H53N3O5/c1-47-44(46)48-36-12-8-11-32(27-36)10-4-3-5-22-45(23-6-7-24-45)30-38-29-37(49)18-14-33-16-21-42(51-2)43(28-33)53-31-34-15-19-39-35(26-34)17-20-41(50)40(39)13-9-25-52-38/h8,11-12,15-17,19-21,26-28,38,50H,3-7,10,13-14,18,22-24,29-31H2,1-2H3,(H3,46,47,48)/t38-/m1/s1. The number of nitrogens with two attached hydrogens (primary N) is 1. The zero-order chi connectivity index (χ0) is 37.0. The first kappa shape index (κ1) is 37.6. The van der Waals surface area contributed by atoms with Gasteiger partial charge < -0.3 is 30.4 Å². The van der Waals surface area contributed by atoms with E-state index in [9.17, 15) is 9.90 Å². The molecule has 0 radical (unpaired) electrons. The molecule has 4 N–H and O–H groups in total. The molecule has 0 spiro atoms. The fraction of sp³-hybridized carbons (Fsp3) is 0.422. The van der Waals surface area contributed by atoms with Gasteiger partial charge in [0.1, 0.15) is 30.4 Å². The number of hydrogen-bond acceptors (Lipinski definition) is 6. The highest BCUT2D eigenvalue weighted by Gasteiger charge is 2.36. The molecule has 0 aromatic heterocycles. The molecule has 0 saturated heterocycles. The van der Waals surface area contributed by atoms with Crippen molar-refractivity contribution < 1.29 is 24.1 Å². The number of aromatic hydroxyl groups is 1. The van der Waals surface area contributed by atoms with Gasteiger partial charge in [-0.15, -0.1) is 0 Å². The molecule has 1 fully saturated rings. The van der Waals surface area contributed by atoms with Crippen LogP contribution in [0, 0.1) is 17.4 Å². The Bertz CT molecular complexity index is 1970. The van der Waals surface area contributed by atoms with E-state index in [1.807, 2.05) is 42.5 Å². The number of phenolic OH excluding ortho intramolecular Hbond substituents is 1. The van der Waals surface area contributed by atoms with E-state index >= 15 is 0 Å². The number of aryl methyl sites for hydroxylation is 2. The van der Waals surface area contributed by atoms with E-state index < -0.39 is 0 Å². The minimum atomic E-state index is -0.289. The van der Waals surface area contributed by atoms with Crippen LogP contribution in [0.5, 0.6) is 17.2 Å². The van der Waals surface area contributed by atoms with Crippen LogP contribution in [0.25, 0.3) is 10.8 Å². The SMILES string of the molecule is CN=C(N)Nc1cccc(CCCCCC2(C[C@H]3CC(=O)CCc4ccc(OC)c(c4)OCc4ccc5c(c(O)ccc5c4)CC#CO3)CCCC2)c1. The van der Waals surface area contributed by atoms with Gasteiger partial charge in [-0.2, -0.15) is 0 Å². The van der Waals surface area contributed by atoms with Crippen LogP contribution in [0.4, 0.5) is 5.69 Å². The van der Waals surface area contributed by atoms with Gasteiger partial charge in [-0.1, -0.05) is 68.0 Å². The lowest BCUT2D eigenvalue weighted by atomic mass is 9.75. The number of guanidine groups is 1. The number of anilines is 1. The molecule has 6 bridgehead atoms. The Morgan fingerprint density at radius 3 is 2.70 bits per heavy atom. The first-order valence-electron chi connectivity index (χ1n) is 19.1. The second kappa shape index (κ2) is 18.1. The summed E-state index contributed by atoms with van der Waals surface area (Å²) in [4.78, 5) is 17.6. The van der Waals surface area contributed by atoms with Crippen molar-refractivity contribution in [1.29, 1.82) is 0 Å². The molecule has 1 atom stereocenters. The Kier molecular flexibility index (Phi) is 12.8. The summed E-state index contributed by atoms with van der Waals surface area (Å²) < 4.78 is 18.2. The van der Waals surface area contributed by atoms with Crippen LogP contribution in [-0.2, 0) is 35.4 Å². The van der Waals surface area contributed by atoms with Crippen LogP contribution in [0.1, 0.15) is 92.9 Å². The average molecular weight is 716 g/mol. The fourth-order valence-corrected chi connectivity index (χ4v) is 8.08. The molecule has 8 heteroatoms. The predicted octanol–water partition coefficient (Wildman–Crippen LogP) is 9.04. The predicted molar refractivity (Wildman–Crippen MR) is 213 cm³/mol. The van der Waals surface area contributed by atoms with Gasteiger partial charge in [0.25, 0.3) is 0 Å². The Morgan fingerprint density at radius 2 is 1.87 bits per heavy atom. The molecule has 4 aromatic rings. The van der Waals surface area contributed by atoms with Gasteiger partial charge in [0, 0.05) is 37.6 Å². The maximum absolute atomic E-state index is 13.6. The second-order valence-corrected chi connectivity index (χ2v) is 14.7. The summed E-state index contributed by atoms with van der Waals surface area (Å²) in [5, 5.41) is 15.9. The fourth-order valence-electron chi connectivity index (χ4n) is 8.08. The summed E-state index contributed by atoms with van der Waals surface area (Å²) in [6, 6.07) is 24.0. The molecule has 1 saturated carbocycles. The van der Waals surface area contributed by atoms with Crippen LogP contribution in [0.3, 0.4) is 0 Å². The number of nitrogens with zero attached hydrogens (tertiary/aromatic N) is 1. The van der Waals surface area contributed by atoms with Crippen molar-refractivity contribution in [3.8, 4) is 29.3 Å². The van der Waals surface area contributed by atoms with Gasteiger partial charge in [-0.3, -0.25) is 9.79 Å². The number of benzene rings is 4. The first-order chi connectivity index (χ1) is 25.8. The molecule has 1 aliphatic carbocycles. The van der Waals surface area contributed by atoms with Gasteiger partial charge in [-0.25, -0.2) is 0 Å². The Labute approximate surface area is 314 Å². The van der Waals surface area contributed by atoms with Crippen molar-refractivity contribution in [1.82, 2.24) is 0 Å². The number of ether oxygens (including phenoxy) is 3. The number of methoxy groups -OCH3 is 1. The molecule has 53 heavy (non-hydrogen) atoms. The highest BCUT2D eigenvalue weighted by Crippen LogP contribution is 2.47.